The number of hydrogen-bond donors (Lipinski definition) is 2. The second-order valence-electron chi connectivity index (χ2n) is 5.40. The number of rotatable bonds is 4. The Morgan fingerprint density at radius 1 is 1.18 bits per heavy atom. The summed E-state index contributed by atoms with van der Waals surface area (Å²) in [5.41, 5.74) is 0.511. The van der Waals surface area contributed by atoms with E-state index < -0.39 is 9.96 Å². The molecule has 1 aromatic carbocycles. The van der Waals surface area contributed by atoms with Crippen molar-refractivity contribution in [3.8, 4) is 5.75 Å². The zero-order chi connectivity index (χ0) is 16.2. The van der Waals surface area contributed by atoms with Gasteiger partial charge >= 0.3 is 0 Å². The predicted molar refractivity (Wildman–Crippen MR) is 89.1 cm³/mol. The number of amides is 1. The van der Waals surface area contributed by atoms with Gasteiger partial charge in [0.15, 0.2) is 0 Å². The zero-order valence-corrected chi connectivity index (χ0v) is 14.6. The Balaban J connectivity index is 2.09. The van der Waals surface area contributed by atoms with E-state index >= 15 is 0 Å². The van der Waals surface area contributed by atoms with Crippen LogP contribution in [-0.2, 0) is 0 Å². The molecule has 1 saturated heterocycles. The van der Waals surface area contributed by atoms with E-state index in [2.05, 4.69) is 5.32 Å². The summed E-state index contributed by atoms with van der Waals surface area (Å²) in [6.07, 6.45) is 2.77. The van der Waals surface area contributed by atoms with Crippen LogP contribution in [0.1, 0.15) is 29.6 Å². The number of carbonyl (C=O) groups excluding carboxylic acids is 1. The van der Waals surface area contributed by atoms with Crippen LogP contribution in [-0.4, -0.2) is 36.1 Å². The van der Waals surface area contributed by atoms with Gasteiger partial charge in [-0.1, -0.05) is 34.8 Å². The highest BCUT2D eigenvalue weighted by Gasteiger charge is 2.42. The first-order valence-corrected chi connectivity index (χ1v) is 8.41. The quantitative estimate of drug-likeness (QED) is 0.802. The summed E-state index contributed by atoms with van der Waals surface area (Å²) >= 11 is 18.3. The first-order valence-electron chi connectivity index (χ1n) is 7.28. The van der Waals surface area contributed by atoms with Crippen LogP contribution in [0.25, 0.3) is 0 Å². The third-order valence-corrected chi connectivity index (χ3v) is 4.51. The molecule has 0 spiro atoms. The number of likely N-dealkylation sites (tertiary alicyclic amines) is 1. The number of hydrogen-bond acceptors (Lipinski definition) is 2. The molecule has 1 aliphatic rings. The van der Waals surface area contributed by atoms with Gasteiger partial charge in [-0.3, -0.25) is 10.1 Å². The van der Waals surface area contributed by atoms with Crippen LogP contribution in [0.5, 0.6) is 5.75 Å². The number of methoxy groups -OCH3 is 1. The average molecular weight is 367 g/mol. The molecule has 1 fully saturated rings. The van der Waals surface area contributed by atoms with E-state index in [4.69, 9.17) is 39.5 Å². The largest absolute Gasteiger partial charge is 0.497 e. The van der Waals surface area contributed by atoms with Crippen molar-refractivity contribution in [1.82, 2.24) is 5.32 Å². The summed E-state index contributed by atoms with van der Waals surface area (Å²) in [4.78, 5) is 13.5. The van der Waals surface area contributed by atoms with E-state index in [1.54, 1.807) is 31.4 Å². The molecule has 0 radical (unpaired) electrons. The Morgan fingerprint density at radius 3 is 2.27 bits per heavy atom. The maximum absolute atomic E-state index is 12.4. The van der Waals surface area contributed by atoms with E-state index in [0.717, 1.165) is 30.8 Å². The number of carbonyl (C=O) groups is 1. The Hall–Kier alpha value is -0.680. The molecule has 2 N–H and O–H groups in total. The van der Waals surface area contributed by atoms with Crippen molar-refractivity contribution in [2.45, 2.75) is 29.2 Å². The summed E-state index contributed by atoms with van der Waals surface area (Å²) in [5.74, 6) is 0.438. The number of benzene rings is 1. The lowest BCUT2D eigenvalue weighted by Gasteiger charge is -2.35. The minimum atomic E-state index is -1.55. The summed E-state index contributed by atoms with van der Waals surface area (Å²) in [6.45, 7) is 1.78. The maximum atomic E-state index is 12.4. The molecule has 2 rings (SSSR count). The van der Waals surface area contributed by atoms with Gasteiger partial charge in [0, 0.05) is 5.56 Å². The topological polar surface area (TPSA) is 42.8 Å². The van der Waals surface area contributed by atoms with Crippen molar-refractivity contribution in [3.63, 3.8) is 0 Å². The van der Waals surface area contributed by atoms with Gasteiger partial charge in [-0.2, -0.15) is 0 Å². The highest BCUT2D eigenvalue weighted by Crippen LogP contribution is 2.28. The van der Waals surface area contributed by atoms with Crippen LogP contribution < -0.4 is 15.0 Å². The number of halogens is 3. The van der Waals surface area contributed by atoms with Gasteiger partial charge in [-0.25, -0.2) is 0 Å². The number of ether oxygens (including phenoxy) is 1. The van der Waals surface area contributed by atoms with Crippen molar-refractivity contribution in [1.29, 1.82) is 0 Å². The highest BCUT2D eigenvalue weighted by molar-refractivity contribution is 6.68. The molecule has 22 heavy (non-hydrogen) atoms. The van der Waals surface area contributed by atoms with E-state index in [0.29, 0.717) is 11.3 Å². The SMILES string of the molecule is COc1ccc(C(=O)N[C@H]([NH+]2CCCCC2)C(Cl)(Cl)Cl)cc1. The number of alkyl halides is 3. The molecule has 4 nitrogen and oxygen atoms in total. The van der Waals surface area contributed by atoms with Crippen molar-refractivity contribution in [3.05, 3.63) is 29.8 Å². The molecule has 122 valence electrons. The molecule has 0 saturated carbocycles. The standard InChI is InChI=1S/C15H19Cl3N2O2/c1-22-12-7-5-11(6-8-12)13(21)19-14(15(16,17)18)20-9-3-2-4-10-20/h5-8,14H,2-4,9-10H2,1H3,(H,19,21)/p+1/t14-/m1/s1. The molecule has 0 unspecified atom stereocenters. The van der Waals surface area contributed by atoms with Gasteiger partial charge in [0.05, 0.1) is 20.2 Å². The molecule has 0 aromatic heterocycles. The van der Waals surface area contributed by atoms with E-state index in [1.807, 2.05) is 0 Å². The Labute approximate surface area is 145 Å². The van der Waals surface area contributed by atoms with E-state index in [1.165, 1.54) is 6.42 Å². The van der Waals surface area contributed by atoms with Crippen LogP contribution in [0.3, 0.4) is 0 Å². The van der Waals surface area contributed by atoms with Gasteiger partial charge in [-0.05, 0) is 43.5 Å². The van der Waals surface area contributed by atoms with Crippen LogP contribution >= 0.6 is 34.8 Å². The van der Waals surface area contributed by atoms with E-state index in [-0.39, 0.29) is 5.91 Å². The van der Waals surface area contributed by atoms with Gasteiger partial charge in [-0.15, -0.1) is 0 Å². The molecular formula is C15H20Cl3N2O2+. The highest BCUT2D eigenvalue weighted by atomic mass is 35.6. The first kappa shape index (κ1) is 17.7. The molecule has 1 atom stereocenters. The predicted octanol–water partition coefficient (Wildman–Crippen LogP) is 2.19. The number of piperidine rings is 1. The summed E-state index contributed by atoms with van der Waals surface area (Å²) in [6, 6.07) is 6.84. The molecule has 1 aliphatic heterocycles. The lowest BCUT2D eigenvalue weighted by molar-refractivity contribution is -0.931. The van der Waals surface area contributed by atoms with Crippen LogP contribution in [0, 0.1) is 0 Å². The minimum Gasteiger partial charge on any atom is -0.497 e. The molecule has 1 aromatic rings. The second kappa shape index (κ2) is 7.73. The first-order chi connectivity index (χ1) is 10.4. The van der Waals surface area contributed by atoms with Crippen LogP contribution in [0.15, 0.2) is 24.3 Å². The molecule has 7 heteroatoms. The lowest BCUT2D eigenvalue weighted by atomic mass is 10.1. The Kier molecular flexibility index (Phi) is 6.21. The van der Waals surface area contributed by atoms with Crippen molar-refractivity contribution in [2.75, 3.05) is 20.2 Å². The summed E-state index contributed by atoms with van der Waals surface area (Å²) in [5, 5.41) is 2.87. The fraction of sp³-hybridized carbons (Fsp3) is 0.533. The third kappa shape index (κ3) is 4.66. The van der Waals surface area contributed by atoms with Gasteiger partial charge in [0.25, 0.3) is 9.70 Å². The fourth-order valence-electron chi connectivity index (χ4n) is 2.67. The minimum absolute atomic E-state index is 0.253. The maximum Gasteiger partial charge on any atom is 0.262 e. The van der Waals surface area contributed by atoms with Crippen LogP contribution in [0.2, 0.25) is 0 Å². The van der Waals surface area contributed by atoms with Gasteiger partial charge in [0.2, 0.25) is 6.17 Å². The van der Waals surface area contributed by atoms with Gasteiger partial charge < -0.3 is 9.64 Å². The normalized spacial score (nSPS) is 17.8. The van der Waals surface area contributed by atoms with Crippen molar-refractivity contribution in [2.24, 2.45) is 0 Å². The monoisotopic (exact) mass is 365 g/mol. The Morgan fingerprint density at radius 2 is 1.77 bits per heavy atom. The molecule has 0 bridgehead atoms. The van der Waals surface area contributed by atoms with Crippen molar-refractivity contribution < 1.29 is 14.4 Å². The van der Waals surface area contributed by atoms with Gasteiger partial charge in [0.1, 0.15) is 5.75 Å². The van der Waals surface area contributed by atoms with E-state index in [9.17, 15) is 4.79 Å². The summed E-state index contributed by atoms with van der Waals surface area (Å²) in [7, 11) is 1.58. The van der Waals surface area contributed by atoms with Crippen molar-refractivity contribution >= 4 is 40.7 Å². The molecular weight excluding hydrogens is 347 g/mol. The zero-order valence-electron chi connectivity index (χ0n) is 12.4. The number of nitrogens with one attached hydrogen (secondary N) is 2. The smallest absolute Gasteiger partial charge is 0.262 e. The third-order valence-electron chi connectivity index (χ3n) is 3.86. The van der Waals surface area contributed by atoms with Crippen LogP contribution in [0.4, 0.5) is 0 Å². The second-order valence-corrected chi connectivity index (χ2v) is 7.76. The summed E-state index contributed by atoms with van der Waals surface area (Å²) < 4.78 is 3.53. The average Bonchev–Trinajstić information content (AvgIpc) is 2.52. The Bertz CT molecular complexity index is 497. The lowest BCUT2D eigenvalue weighted by Crippen LogP contribution is -3.20. The molecule has 1 amide bonds. The molecule has 0 aliphatic carbocycles. The molecule has 1 heterocycles. The fourth-order valence-corrected chi connectivity index (χ4v) is 3.29. The number of quaternary nitrogens is 1.